The zero-order valence-corrected chi connectivity index (χ0v) is 16.2. The van der Waals surface area contributed by atoms with Crippen molar-refractivity contribution in [3.63, 3.8) is 0 Å². The average Bonchev–Trinajstić information content (AvgIpc) is 2.70. The zero-order valence-electron chi connectivity index (χ0n) is 16.2. The lowest BCUT2D eigenvalue weighted by Gasteiger charge is -2.12. The monoisotopic (exact) mass is 416 g/mol. The van der Waals surface area contributed by atoms with Gasteiger partial charge in [-0.05, 0) is 13.0 Å². The minimum absolute atomic E-state index is 0.0529. The number of allylic oxidation sites excluding steroid dienone is 1. The Bertz CT molecular complexity index is 1190. The number of H-pyrrole nitrogens is 1. The number of benzene rings is 1. The smallest absolute Gasteiger partial charge is 0.266 e. The van der Waals surface area contributed by atoms with Gasteiger partial charge in [0, 0.05) is 37.1 Å². The number of alkyl halides is 2. The van der Waals surface area contributed by atoms with E-state index in [1.165, 1.54) is 24.4 Å². The molecule has 156 valence electrons. The van der Waals surface area contributed by atoms with Crippen LogP contribution >= 0.6 is 0 Å². The number of pyridine rings is 1. The fourth-order valence-corrected chi connectivity index (χ4v) is 2.98. The van der Waals surface area contributed by atoms with E-state index in [0.29, 0.717) is 22.6 Å². The van der Waals surface area contributed by atoms with Gasteiger partial charge in [0.05, 0.1) is 16.5 Å². The molecule has 0 aliphatic carbocycles. The fraction of sp³-hybridized carbons (Fsp3) is 0.200. The van der Waals surface area contributed by atoms with Crippen LogP contribution in [-0.2, 0) is 6.54 Å². The predicted molar refractivity (Wildman–Crippen MR) is 109 cm³/mol. The van der Waals surface area contributed by atoms with Crippen LogP contribution in [0, 0.1) is 18.2 Å². The molecular weight excluding hydrogens is 397 g/mol. The molecule has 3 aromatic rings. The number of aromatic nitrogens is 3. The van der Waals surface area contributed by atoms with Gasteiger partial charge in [0.1, 0.15) is 23.1 Å². The third-order valence-corrected chi connectivity index (χ3v) is 4.38. The SMILES string of the molecule is CN/C=C(\C=N)c1cc2c(NCc3cccc(C(F)F)c3F)nc(C)nc2[nH]c1=O. The van der Waals surface area contributed by atoms with Crippen molar-refractivity contribution in [3.05, 3.63) is 69.2 Å². The molecule has 30 heavy (non-hydrogen) atoms. The van der Waals surface area contributed by atoms with Gasteiger partial charge >= 0.3 is 0 Å². The summed E-state index contributed by atoms with van der Waals surface area (Å²) in [4.78, 5) is 23.6. The summed E-state index contributed by atoms with van der Waals surface area (Å²) in [6, 6.07) is 5.33. The molecule has 0 radical (unpaired) electrons. The summed E-state index contributed by atoms with van der Waals surface area (Å²) in [6.45, 7) is 1.52. The van der Waals surface area contributed by atoms with Crippen LogP contribution in [0.15, 0.2) is 35.3 Å². The lowest BCUT2D eigenvalue weighted by Crippen LogP contribution is -2.15. The second kappa shape index (κ2) is 8.76. The molecule has 0 unspecified atom stereocenters. The summed E-state index contributed by atoms with van der Waals surface area (Å²) in [5.74, 6) is -0.328. The van der Waals surface area contributed by atoms with Crippen molar-refractivity contribution < 1.29 is 13.2 Å². The maximum atomic E-state index is 14.3. The first-order valence-electron chi connectivity index (χ1n) is 8.95. The summed E-state index contributed by atoms with van der Waals surface area (Å²) in [6.07, 6.45) is -0.393. The number of fused-ring (bicyclic) bond motifs is 1. The topological polar surface area (TPSA) is 107 Å². The molecule has 3 rings (SSSR count). The Morgan fingerprint density at radius 3 is 2.77 bits per heavy atom. The normalized spacial score (nSPS) is 11.7. The molecule has 7 nitrogen and oxygen atoms in total. The first kappa shape index (κ1) is 21.0. The Hall–Kier alpha value is -3.69. The van der Waals surface area contributed by atoms with Gasteiger partial charge in [0.2, 0.25) is 0 Å². The minimum atomic E-state index is -2.92. The third kappa shape index (κ3) is 4.17. The number of nitrogens with one attached hydrogen (secondary N) is 4. The van der Waals surface area contributed by atoms with Gasteiger partial charge in [-0.15, -0.1) is 0 Å². The van der Waals surface area contributed by atoms with Gasteiger partial charge in [-0.3, -0.25) is 4.79 Å². The largest absolute Gasteiger partial charge is 0.393 e. The van der Waals surface area contributed by atoms with E-state index in [1.807, 2.05) is 0 Å². The second-order valence-corrected chi connectivity index (χ2v) is 6.40. The van der Waals surface area contributed by atoms with Crippen LogP contribution in [0.4, 0.5) is 19.0 Å². The Labute approximate surface area is 169 Å². The molecule has 0 aliphatic rings. The third-order valence-electron chi connectivity index (χ3n) is 4.38. The van der Waals surface area contributed by atoms with Gasteiger partial charge in [0.25, 0.3) is 12.0 Å². The van der Waals surface area contributed by atoms with Crippen molar-refractivity contribution in [1.82, 2.24) is 20.3 Å². The molecular formula is C20H19F3N6O. The highest BCUT2D eigenvalue weighted by Crippen LogP contribution is 2.26. The van der Waals surface area contributed by atoms with Crippen LogP contribution in [0.5, 0.6) is 0 Å². The van der Waals surface area contributed by atoms with Gasteiger partial charge < -0.3 is 21.0 Å². The van der Waals surface area contributed by atoms with E-state index >= 15 is 0 Å². The molecule has 2 aromatic heterocycles. The fourth-order valence-electron chi connectivity index (χ4n) is 2.98. The number of anilines is 1. The summed E-state index contributed by atoms with van der Waals surface area (Å²) in [7, 11) is 1.64. The van der Waals surface area contributed by atoms with E-state index in [0.717, 1.165) is 12.3 Å². The van der Waals surface area contributed by atoms with E-state index in [4.69, 9.17) is 5.41 Å². The number of nitrogens with zero attached hydrogens (tertiary/aromatic N) is 2. The minimum Gasteiger partial charge on any atom is -0.393 e. The first-order chi connectivity index (χ1) is 14.3. The number of rotatable bonds is 7. The highest BCUT2D eigenvalue weighted by Gasteiger charge is 2.17. The number of hydrogen-bond acceptors (Lipinski definition) is 6. The van der Waals surface area contributed by atoms with Gasteiger partial charge in [-0.1, -0.05) is 18.2 Å². The molecule has 0 spiro atoms. The molecule has 0 saturated heterocycles. The molecule has 0 atom stereocenters. The molecule has 1 aromatic carbocycles. The standard InChI is InChI=1S/C20H19F3N6O/c1-10-27-18(26-9-11-4-3-5-13(16(11)21)17(22)23)15-6-14(12(7-24)8-25-2)20(30)29-19(15)28-10/h3-8,17,24-25H,9H2,1-2H3,(H2,26,27,28,29,30)/b12-8+,24-7?. The van der Waals surface area contributed by atoms with E-state index in [2.05, 4.69) is 25.6 Å². The van der Waals surface area contributed by atoms with E-state index in [9.17, 15) is 18.0 Å². The number of hydrogen-bond donors (Lipinski definition) is 4. The Kier molecular flexibility index (Phi) is 6.14. The summed E-state index contributed by atoms with van der Waals surface area (Å²) >= 11 is 0. The highest BCUT2D eigenvalue weighted by atomic mass is 19.3. The maximum Gasteiger partial charge on any atom is 0.266 e. The molecule has 0 amide bonds. The Balaban J connectivity index is 2.06. The van der Waals surface area contributed by atoms with Crippen LogP contribution in [-0.4, -0.2) is 28.2 Å². The van der Waals surface area contributed by atoms with Crippen molar-refractivity contribution in [1.29, 1.82) is 5.41 Å². The quantitative estimate of drug-likeness (QED) is 0.441. The van der Waals surface area contributed by atoms with Gasteiger partial charge in [-0.2, -0.15) is 0 Å². The molecule has 4 N–H and O–H groups in total. The molecule has 0 aliphatic heterocycles. The van der Waals surface area contributed by atoms with Gasteiger partial charge in [-0.25, -0.2) is 23.1 Å². The summed E-state index contributed by atoms with van der Waals surface area (Å²) in [5.41, 5.74) is -0.243. The van der Waals surface area contributed by atoms with Crippen LogP contribution < -0.4 is 16.2 Å². The van der Waals surface area contributed by atoms with Crippen LogP contribution in [0.2, 0.25) is 0 Å². The Morgan fingerprint density at radius 1 is 1.33 bits per heavy atom. The molecule has 0 saturated carbocycles. The molecule has 10 heteroatoms. The van der Waals surface area contributed by atoms with Crippen LogP contribution in [0.3, 0.4) is 0 Å². The van der Waals surface area contributed by atoms with Crippen molar-refractivity contribution in [3.8, 4) is 0 Å². The molecule has 2 heterocycles. The van der Waals surface area contributed by atoms with E-state index in [1.54, 1.807) is 14.0 Å². The first-order valence-corrected chi connectivity index (χ1v) is 8.95. The lowest BCUT2D eigenvalue weighted by molar-refractivity contribution is 0.146. The summed E-state index contributed by atoms with van der Waals surface area (Å²) < 4.78 is 40.2. The maximum absolute atomic E-state index is 14.3. The average molecular weight is 416 g/mol. The number of aromatic amines is 1. The highest BCUT2D eigenvalue weighted by molar-refractivity contribution is 6.09. The van der Waals surface area contributed by atoms with Crippen molar-refractivity contribution >= 4 is 28.6 Å². The molecule has 0 fully saturated rings. The predicted octanol–water partition coefficient (Wildman–Crippen LogP) is 3.53. The van der Waals surface area contributed by atoms with Crippen molar-refractivity contribution in [2.24, 2.45) is 0 Å². The van der Waals surface area contributed by atoms with Crippen molar-refractivity contribution in [2.75, 3.05) is 12.4 Å². The number of aryl methyl sites for hydroxylation is 1. The zero-order chi connectivity index (χ0) is 21.8. The van der Waals surface area contributed by atoms with Gasteiger partial charge in [0.15, 0.2) is 0 Å². The van der Waals surface area contributed by atoms with Crippen LogP contribution in [0.1, 0.15) is 28.9 Å². The Morgan fingerprint density at radius 2 is 2.10 bits per heavy atom. The lowest BCUT2D eigenvalue weighted by atomic mass is 10.1. The van der Waals surface area contributed by atoms with E-state index < -0.39 is 23.4 Å². The molecule has 0 bridgehead atoms. The van der Waals surface area contributed by atoms with Crippen molar-refractivity contribution in [2.45, 2.75) is 19.9 Å². The number of halogens is 3. The summed E-state index contributed by atoms with van der Waals surface area (Å²) in [5, 5.41) is 13.7. The second-order valence-electron chi connectivity index (χ2n) is 6.40. The van der Waals surface area contributed by atoms with E-state index in [-0.39, 0.29) is 23.3 Å². The van der Waals surface area contributed by atoms with Crippen LogP contribution in [0.25, 0.3) is 16.6 Å².